The normalized spacial score (nSPS) is 16.2. The molecule has 2 aliphatic heterocycles. The van der Waals surface area contributed by atoms with Crippen LogP contribution in [0, 0.1) is 3.57 Å². The number of benzene rings is 3. The number of morpholine rings is 1. The first-order chi connectivity index (χ1) is 20.3. The van der Waals surface area contributed by atoms with Gasteiger partial charge in [-0.2, -0.15) is 0 Å². The first kappa shape index (κ1) is 30.2. The van der Waals surface area contributed by atoms with Crippen LogP contribution in [0.4, 0.5) is 16.2 Å². The lowest BCUT2D eigenvalue weighted by molar-refractivity contribution is -0.127. The van der Waals surface area contributed by atoms with Gasteiger partial charge in [-0.3, -0.25) is 19.3 Å². The summed E-state index contributed by atoms with van der Waals surface area (Å²) in [5, 5.41) is 3.00. The van der Waals surface area contributed by atoms with Crippen LogP contribution in [0.1, 0.15) is 11.1 Å². The number of carbonyl (C=O) groups excluding carboxylic acids is 3. The van der Waals surface area contributed by atoms with Gasteiger partial charge in [-0.15, -0.1) is 0 Å². The molecule has 3 aromatic carbocycles. The minimum atomic E-state index is -0.529. The highest BCUT2D eigenvalue weighted by Gasteiger charge is 2.36. The van der Waals surface area contributed by atoms with Crippen LogP contribution in [0.3, 0.4) is 0 Å². The number of imide groups is 1. The van der Waals surface area contributed by atoms with Crippen molar-refractivity contribution in [3.63, 3.8) is 0 Å². The average molecular weight is 720 g/mol. The molecular formula is C30H27ClIN3O6S. The molecule has 3 aromatic rings. The molecule has 3 amide bonds. The van der Waals surface area contributed by atoms with Gasteiger partial charge in [-0.1, -0.05) is 35.9 Å². The van der Waals surface area contributed by atoms with Gasteiger partial charge in [0.25, 0.3) is 11.1 Å². The molecule has 1 N–H and O–H groups in total. The molecule has 2 fully saturated rings. The van der Waals surface area contributed by atoms with Crippen molar-refractivity contribution in [3.05, 3.63) is 85.3 Å². The van der Waals surface area contributed by atoms with Gasteiger partial charge in [-0.25, -0.2) is 0 Å². The second kappa shape index (κ2) is 13.8. The van der Waals surface area contributed by atoms with Gasteiger partial charge in [0, 0.05) is 18.1 Å². The summed E-state index contributed by atoms with van der Waals surface area (Å²) >= 11 is 8.90. The van der Waals surface area contributed by atoms with E-state index in [0.29, 0.717) is 60.7 Å². The van der Waals surface area contributed by atoms with Crippen LogP contribution in [-0.4, -0.2) is 61.9 Å². The van der Waals surface area contributed by atoms with Gasteiger partial charge >= 0.3 is 0 Å². The van der Waals surface area contributed by atoms with E-state index in [1.54, 1.807) is 30.3 Å². The minimum absolute atomic E-state index is 0.217. The zero-order valence-electron chi connectivity index (χ0n) is 22.6. The second-order valence-corrected chi connectivity index (χ2v) is 12.0. The lowest BCUT2D eigenvalue weighted by Crippen LogP contribution is -2.38. The maximum absolute atomic E-state index is 13.2. The molecule has 5 rings (SSSR count). The summed E-state index contributed by atoms with van der Waals surface area (Å²) in [4.78, 5) is 42.1. The Morgan fingerprint density at radius 3 is 2.60 bits per heavy atom. The predicted molar refractivity (Wildman–Crippen MR) is 172 cm³/mol. The number of amides is 3. The first-order valence-electron chi connectivity index (χ1n) is 13.0. The van der Waals surface area contributed by atoms with Crippen LogP contribution < -0.4 is 19.7 Å². The molecular weight excluding hydrogens is 693 g/mol. The molecule has 0 aromatic heterocycles. The Morgan fingerprint density at radius 1 is 1.12 bits per heavy atom. The highest BCUT2D eigenvalue weighted by molar-refractivity contribution is 14.1. The summed E-state index contributed by atoms with van der Waals surface area (Å²) < 4.78 is 17.8. The first-order valence-corrected chi connectivity index (χ1v) is 15.3. The SMILES string of the molecule is COc1cc(/C=C2/SC(=O)N(CC(=O)Nc3ccccc3N3CCOCC3)C2=O)cc(I)c1OCc1ccc(Cl)cc1. The Morgan fingerprint density at radius 2 is 1.86 bits per heavy atom. The van der Waals surface area contributed by atoms with Crippen molar-refractivity contribution in [2.45, 2.75) is 6.61 Å². The number of nitrogens with one attached hydrogen (secondary N) is 1. The molecule has 0 aliphatic carbocycles. The van der Waals surface area contributed by atoms with Gasteiger partial charge in [0.1, 0.15) is 13.2 Å². The fraction of sp³-hybridized carbons (Fsp3) is 0.233. The van der Waals surface area contributed by atoms with Crippen LogP contribution in [-0.2, 0) is 20.9 Å². The quantitative estimate of drug-likeness (QED) is 0.211. The number of nitrogens with zero attached hydrogens (tertiary/aromatic N) is 2. The second-order valence-electron chi connectivity index (χ2n) is 9.38. The Bertz CT molecular complexity index is 1530. The van der Waals surface area contributed by atoms with Crippen molar-refractivity contribution in [2.75, 3.05) is 50.2 Å². The summed E-state index contributed by atoms with van der Waals surface area (Å²) in [6.45, 7) is 2.56. The van der Waals surface area contributed by atoms with Crippen molar-refractivity contribution in [1.29, 1.82) is 0 Å². The Labute approximate surface area is 266 Å². The topological polar surface area (TPSA) is 97.4 Å². The van der Waals surface area contributed by atoms with Crippen LogP contribution in [0.2, 0.25) is 5.02 Å². The Hall–Kier alpha value is -3.26. The molecule has 9 nitrogen and oxygen atoms in total. The van der Waals surface area contributed by atoms with Crippen molar-refractivity contribution >= 4 is 80.5 Å². The van der Waals surface area contributed by atoms with E-state index in [-0.39, 0.29) is 4.91 Å². The van der Waals surface area contributed by atoms with Crippen LogP contribution in [0.15, 0.2) is 65.6 Å². The fourth-order valence-corrected chi connectivity index (χ4v) is 6.23. The van der Waals surface area contributed by atoms with E-state index in [1.807, 2.05) is 36.4 Å². The number of methoxy groups -OCH3 is 1. The molecule has 0 bridgehead atoms. The molecule has 218 valence electrons. The summed E-state index contributed by atoms with van der Waals surface area (Å²) in [5.74, 6) is 0.0586. The lowest BCUT2D eigenvalue weighted by atomic mass is 10.1. The van der Waals surface area contributed by atoms with Gasteiger partial charge in [0.2, 0.25) is 5.91 Å². The monoisotopic (exact) mass is 719 g/mol. The number of ether oxygens (including phenoxy) is 3. The third-order valence-corrected chi connectivity index (χ3v) is 8.51. The van der Waals surface area contributed by atoms with Crippen LogP contribution in [0.25, 0.3) is 6.08 Å². The molecule has 0 unspecified atom stereocenters. The predicted octanol–water partition coefficient (Wildman–Crippen LogP) is 6.04. The molecule has 0 spiro atoms. The number of hydrogen-bond acceptors (Lipinski definition) is 8. The summed E-state index contributed by atoms with van der Waals surface area (Å²) in [5.41, 5.74) is 3.09. The molecule has 2 heterocycles. The maximum Gasteiger partial charge on any atom is 0.294 e. The van der Waals surface area contributed by atoms with Crippen molar-refractivity contribution in [2.24, 2.45) is 0 Å². The van der Waals surface area contributed by atoms with Gasteiger partial charge in [-0.05, 0) is 88.0 Å². The molecule has 0 radical (unpaired) electrons. The average Bonchev–Trinajstić information content (AvgIpc) is 3.25. The standard InChI is InChI=1S/C30H27ClIN3O6S/c1-39-25-15-20(14-22(32)28(25)41-18-19-6-8-21(31)9-7-19)16-26-29(37)35(30(38)42-26)17-27(36)33-23-4-2-3-5-24(23)34-10-12-40-13-11-34/h2-9,14-16H,10-13,17-18H2,1H3,(H,33,36)/b26-16+. The summed E-state index contributed by atoms with van der Waals surface area (Å²) in [6, 6.07) is 18.4. The number of anilines is 2. The zero-order chi connectivity index (χ0) is 29.6. The largest absolute Gasteiger partial charge is 0.493 e. The Balaban J connectivity index is 1.26. The molecule has 42 heavy (non-hydrogen) atoms. The number of halogens is 2. The van der Waals surface area contributed by atoms with Crippen LogP contribution >= 0.6 is 46.0 Å². The number of carbonyl (C=O) groups is 3. The lowest BCUT2D eigenvalue weighted by Gasteiger charge is -2.30. The summed E-state index contributed by atoms with van der Waals surface area (Å²) in [6.07, 6.45) is 1.62. The van der Waals surface area contributed by atoms with E-state index in [0.717, 1.165) is 31.5 Å². The third kappa shape index (κ3) is 7.20. The molecule has 2 aliphatic rings. The van der Waals surface area contributed by atoms with Gasteiger partial charge < -0.3 is 24.4 Å². The van der Waals surface area contributed by atoms with Crippen molar-refractivity contribution < 1.29 is 28.6 Å². The van der Waals surface area contributed by atoms with E-state index >= 15 is 0 Å². The number of thioether (sulfide) groups is 1. The zero-order valence-corrected chi connectivity index (χ0v) is 26.3. The van der Waals surface area contributed by atoms with E-state index in [2.05, 4.69) is 32.8 Å². The maximum atomic E-state index is 13.2. The molecule has 12 heteroatoms. The van der Waals surface area contributed by atoms with E-state index < -0.39 is 23.6 Å². The van der Waals surface area contributed by atoms with Crippen molar-refractivity contribution in [1.82, 2.24) is 4.90 Å². The number of rotatable bonds is 9. The summed E-state index contributed by atoms with van der Waals surface area (Å²) in [7, 11) is 1.54. The molecule has 0 saturated carbocycles. The van der Waals surface area contributed by atoms with Gasteiger partial charge in [0.05, 0.1) is 40.2 Å². The highest BCUT2D eigenvalue weighted by Crippen LogP contribution is 2.38. The minimum Gasteiger partial charge on any atom is -0.493 e. The van der Waals surface area contributed by atoms with E-state index in [1.165, 1.54) is 7.11 Å². The van der Waals surface area contributed by atoms with Crippen LogP contribution in [0.5, 0.6) is 11.5 Å². The van der Waals surface area contributed by atoms with Crippen molar-refractivity contribution in [3.8, 4) is 11.5 Å². The number of para-hydroxylation sites is 2. The van der Waals surface area contributed by atoms with Gasteiger partial charge in [0.15, 0.2) is 11.5 Å². The van der Waals surface area contributed by atoms with E-state index in [9.17, 15) is 14.4 Å². The number of hydrogen-bond donors (Lipinski definition) is 1. The molecule has 2 saturated heterocycles. The van der Waals surface area contributed by atoms with E-state index in [4.69, 9.17) is 25.8 Å². The smallest absolute Gasteiger partial charge is 0.294 e. The fourth-order valence-electron chi connectivity index (χ4n) is 4.48. The Kier molecular flexibility index (Phi) is 9.93. The highest BCUT2D eigenvalue weighted by atomic mass is 127. The molecule has 0 atom stereocenters. The third-order valence-electron chi connectivity index (χ3n) is 6.55.